The molecule has 0 spiro atoms. The average molecular weight is 282 g/mol. The zero-order chi connectivity index (χ0) is 15.2. The van der Waals surface area contributed by atoms with Gasteiger partial charge in [-0.2, -0.15) is 0 Å². The Morgan fingerprint density at radius 1 is 1.30 bits per heavy atom. The Labute approximate surface area is 123 Å². The lowest BCUT2D eigenvalue weighted by Gasteiger charge is -2.19. The summed E-state index contributed by atoms with van der Waals surface area (Å²) < 4.78 is 11.5. The van der Waals surface area contributed by atoms with Crippen molar-refractivity contribution in [2.75, 3.05) is 27.2 Å². The monoisotopic (exact) mass is 282 g/mol. The summed E-state index contributed by atoms with van der Waals surface area (Å²) in [6.45, 7) is 11.7. The van der Waals surface area contributed by atoms with E-state index < -0.39 is 0 Å². The highest BCUT2D eigenvalue weighted by molar-refractivity contribution is 5.20. The lowest BCUT2D eigenvalue weighted by atomic mass is 10.1. The van der Waals surface area contributed by atoms with Crippen LogP contribution in [0.1, 0.15) is 44.3 Å². The summed E-state index contributed by atoms with van der Waals surface area (Å²) >= 11 is 0. The number of nitrogens with one attached hydrogen (secondary N) is 1. The van der Waals surface area contributed by atoms with Gasteiger partial charge >= 0.3 is 0 Å². The van der Waals surface area contributed by atoms with Crippen molar-refractivity contribution in [1.29, 1.82) is 0 Å². The van der Waals surface area contributed by atoms with Gasteiger partial charge in [-0.15, -0.1) is 0 Å². The number of aryl methyl sites for hydroxylation is 1. The van der Waals surface area contributed by atoms with Crippen LogP contribution in [0.15, 0.2) is 10.5 Å². The van der Waals surface area contributed by atoms with E-state index in [2.05, 4.69) is 51.1 Å². The lowest BCUT2D eigenvalue weighted by molar-refractivity contribution is 0.112. The summed E-state index contributed by atoms with van der Waals surface area (Å²) in [5.74, 6) is 1.94. The second-order valence-electron chi connectivity index (χ2n) is 6.61. The molecule has 0 aliphatic carbocycles. The van der Waals surface area contributed by atoms with Crippen LogP contribution in [0.3, 0.4) is 0 Å². The van der Waals surface area contributed by atoms with E-state index in [0.717, 1.165) is 43.2 Å². The number of furan rings is 1. The van der Waals surface area contributed by atoms with Crippen LogP contribution in [0.5, 0.6) is 0 Å². The number of hydrogen-bond acceptors (Lipinski definition) is 4. The van der Waals surface area contributed by atoms with Gasteiger partial charge in [-0.25, -0.2) is 0 Å². The summed E-state index contributed by atoms with van der Waals surface area (Å²) in [5.41, 5.74) is 1.25. The lowest BCUT2D eigenvalue weighted by Crippen LogP contribution is -2.34. The number of nitrogens with zero attached hydrogens (tertiary/aromatic N) is 1. The van der Waals surface area contributed by atoms with Gasteiger partial charge in [0.1, 0.15) is 11.5 Å². The molecule has 0 saturated heterocycles. The van der Waals surface area contributed by atoms with Crippen LogP contribution in [0.25, 0.3) is 0 Å². The fraction of sp³-hybridized carbons (Fsp3) is 0.750. The molecule has 0 fully saturated rings. The molecule has 0 aliphatic rings. The fourth-order valence-corrected chi connectivity index (χ4v) is 1.84. The highest BCUT2D eigenvalue weighted by Gasteiger charge is 2.12. The highest BCUT2D eigenvalue weighted by atomic mass is 16.5. The van der Waals surface area contributed by atoms with E-state index in [1.165, 1.54) is 0 Å². The van der Waals surface area contributed by atoms with E-state index in [9.17, 15) is 0 Å². The Balaban J connectivity index is 2.34. The summed E-state index contributed by atoms with van der Waals surface area (Å²) in [6, 6.07) is 2.10. The van der Waals surface area contributed by atoms with Crippen LogP contribution >= 0.6 is 0 Å². The first kappa shape index (κ1) is 17.2. The third-order valence-electron chi connectivity index (χ3n) is 3.02. The van der Waals surface area contributed by atoms with Gasteiger partial charge in [-0.05, 0) is 60.8 Å². The minimum absolute atomic E-state index is 0.101. The molecule has 116 valence electrons. The maximum absolute atomic E-state index is 5.75. The van der Waals surface area contributed by atoms with Crippen molar-refractivity contribution in [2.24, 2.45) is 0 Å². The molecule has 1 N–H and O–H groups in total. The van der Waals surface area contributed by atoms with Gasteiger partial charge < -0.3 is 19.4 Å². The third-order valence-corrected chi connectivity index (χ3v) is 3.02. The quantitative estimate of drug-likeness (QED) is 0.744. The van der Waals surface area contributed by atoms with E-state index in [-0.39, 0.29) is 5.54 Å². The molecule has 0 atom stereocenters. The first-order chi connectivity index (χ1) is 9.28. The Morgan fingerprint density at radius 3 is 2.60 bits per heavy atom. The minimum Gasteiger partial charge on any atom is -0.465 e. The Hall–Kier alpha value is -0.840. The zero-order valence-corrected chi connectivity index (χ0v) is 13.9. The van der Waals surface area contributed by atoms with Gasteiger partial charge in [0.15, 0.2) is 0 Å². The Morgan fingerprint density at radius 2 is 2.00 bits per heavy atom. The van der Waals surface area contributed by atoms with Crippen molar-refractivity contribution < 1.29 is 9.15 Å². The van der Waals surface area contributed by atoms with Crippen LogP contribution in [0.4, 0.5) is 0 Å². The van der Waals surface area contributed by atoms with Crippen LogP contribution in [0, 0.1) is 6.92 Å². The molecule has 4 nitrogen and oxygen atoms in total. The summed E-state index contributed by atoms with van der Waals surface area (Å²) in [7, 11) is 4.16. The summed E-state index contributed by atoms with van der Waals surface area (Å²) in [5, 5.41) is 3.43. The SMILES string of the molecule is Cc1oc(CNC(C)(C)C)cc1COCCCN(C)C. The molecule has 4 heteroatoms. The van der Waals surface area contributed by atoms with Gasteiger partial charge in [0.2, 0.25) is 0 Å². The van der Waals surface area contributed by atoms with Gasteiger partial charge in [-0.3, -0.25) is 0 Å². The summed E-state index contributed by atoms with van der Waals surface area (Å²) in [4.78, 5) is 2.17. The van der Waals surface area contributed by atoms with Crippen molar-refractivity contribution in [3.8, 4) is 0 Å². The van der Waals surface area contributed by atoms with Crippen molar-refractivity contribution in [3.63, 3.8) is 0 Å². The molecule has 1 rings (SSSR count). The molecule has 20 heavy (non-hydrogen) atoms. The van der Waals surface area contributed by atoms with Crippen LogP contribution in [0.2, 0.25) is 0 Å². The normalized spacial score (nSPS) is 12.3. The van der Waals surface area contributed by atoms with E-state index in [4.69, 9.17) is 9.15 Å². The molecule has 0 aliphatic heterocycles. The van der Waals surface area contributed by atoms with Crippen molar-refractivity contribution in [2.45, 2.75) is 52.8 Å². The first-order valence-electron chi connectivity index (χ1n) is 7.33. The largest absolute Gasteiger partial charge is 0.465 e. The van der Waals surface area contributed by atoms with Gasteiger partial charge in [0.25, 0.3) is 0 Å². The van der Waals surface area contributed by atoms with E-state index in [1.807, 2.05) is 6.92 Å². The molecule has 0 unspecified atom stereocenters. The number of hydrogen-bond donors (Lipinski definition) is 1. The topological polar surface area (TPSA) is 37.6 Å². The van der Waals surface area contributed by atoms with Gasteiger partial charge in [-0.1, -0.05) is 0 Å². The molecule has 1 aromatic heterocycles. The smallest absolute Gasteiger partial charge is 0.118 e. The third kappa shape index (κ3) is 7.08. The minimum atomic E-state index is 0.101. The second-order valence-corrected chi connectivity index (χ2v) is 6.61. The number of ether oxygens (including phenoxy) is 1. The van der Waals surface area contributed by atoms with Crippen molar-refractivity contribution in [1.82, 2.24) is 10.2 Å². The molecule has 0 radical (unpaired) electrons. The molecular weight excluding hydrogens is 252 g/mol. The summed E-state index contributed by atoms with van der Waals surface area (Å²) in [6.07, 6.45) is 1.06. The predicted octanol–water partition coefficient (Wildman–Crippen LogP) is 2.94. The fourth-order valence-electron chi connectivity index (χ4n) is 1.84. The van der Waals surface area contributed by atoms with E-state index >= 15 is 0 Å². The maximum Gasteiger partial charge on any atom is 0.118 e. The van der Waals surface area contributed by atoms with Crippen LogP contribution in [-0.4, -0.2) is 37.7 Å². The molecule has 0 saturated carbocycles. The zero-order valence-electron chi connectivity index (χ0n) is 13.9. The molecule has 0 aromatic carbocycles. The van der Waals surface area contributed by atoms with E-state index in [0.29, 0.717) is 6.61 Å². The van der Waals surface area contributed by atoms with Crippen LogP contribution < -0.4 is 5.32 Å². The second kappa shape index (κ2) is 7.81. The predicted molar refractivity (Wildman–Crippen MR) is 82.9 cm³/mol. The average Bonchev–Trinajstić information content (AvgIpc) is 2.66. The molecule has 0 bridgehead atoms. The molecular formula is C16H30N2O2. The molecule has 1 aromatic rings. The molecule has 0 amide bonds. The van der Waals surface area contributed by atoms with Crippen molar-refractivity contribution >= 4 is 0 Å². The first-order valence-corrected chi connectivity index (χ1v) is 7.33. The molecule has 1 heterocycles. The van der Waals surface area contributed by atoms with E-state index in [1.54, 1.807) is 0 Å². The standard InChI is InChI=1S/C16H30N2O2/c1-13-14(12-19-9-7-8-18(5)6)10-15(20-13)11-17-16(2,3)4/h10,17H,7-9,11-12H2,1-6H3. The highest BCUT2D eigenvalue weighted by Crippen LogP contribution is 2.16. The Kier molecular flexibility index (Phi) is 6.72. The Bertz CT molecular complexity index is 392. The van der Waals surface area contributed by atoms with Crippen molar-refractivity contribution in [3.05, 3.63) is 23.2 Å². The van der Waals surface area contributed by atoms with Gasteiger partial charge in [0.05, 0.1) is 13.2 Å². The van der Waals surface area contributed by atoms with Crippen LogP contribution in [-0.2, 0) is 17.9 Å². The van der Waals surface area contributed by atoms with Gasteiger partial charge in [0, 0.05) is 17.7 Å². The number of rotatable bonds is 8. The maximum atomic E-state index is 5.75.